The Balaban J connectivity index is 1.47. The molecule has 3 rings (SSSR count). The summed E-state index contributed by atoms with van der Waals surface area (Å²) in [6.07, 6.45) is 7.63. The summed E-state index contributed by atoms with van der Waals surface area (Å²) in [5.74, 6) is 0.660. The first-order chi connectivity index (χ1) is 13.3. The first-order valence-corrected chi connectivity index (χ1v) is 8.91. The lowest BCUT2D eigenvalue weighted by Gasteiger charge is -2.07. The van der Waals surface area contributed by atoms with Gasteiger partial charge in [0.05, 0.1) is 0 Å². The van der Waals surface area contributed by atoms with E-state index in [1.165, 1.54) is 0 Å². The maximum atomic E-state index is 12.0. The molecule has 0 saturated heterocycles. The summed E-state index contributed by atoms with van der Waals surface area (Å²) < 4.78 is 5.81. The van der Waals surface area contributed by atoms with Crippen molar-refractivity contribution in [3.63, 3.8) is 0 Å². The van der Waals surface area contributed by atoms with Crippen molar-refractivity contribution in [1.29, 1.82) is 0 Å². The van der Waals surface area contributed by atoms with Crippen molar-refractivity contribution in [2.75, 3.05) is 6.54 Å². The van der Waals surface area contributed by atoms with Crippen molar-refractivity contribution in [3.05, 3.63) is 102 Å². The van der Waals surface area contributed by atoms with Gasteiger partial charge in [0.25, 0.3) is 0 Å². The Kier molecular flexibility index (Phi) is 6.76. The third-order valence-electron chi connectivity index (χ3n) is 3.97. The summed E-state index contributed by atoms with van der Waals surface area (Å²) in [6.45, 7) is 1.10. The number of amides is 1. The highest BCUT2D eigenvalue weighted by Crippen LogP contribution is 2.16. The van der Waals surface area contributed by atoms with Crippen LogP contribution in [0, 0.1) is 0 Å². The fraction of sp³-hybridized carbons (Fsp3) is 0.130. The van der Waals surface area contributed by atoms with Crippen LogP contribution in [0.1, 0.15) is 16.7 Å². The predicted molar refractivity (Wildman–Crippen MR) is 107 cm³/mol. The van der Waals surface area contributed by atoms with E-state index in [4.69, 9.17) is 4.74 Å². The van der Waals surface area contributed by atoms with E-state index in [1.54, 1.807) is 18.3 Å². The van der Waals surface area contributed by atoms with E-state index < -0.39 is 0 Å². The lowest BCUT2D eigenvalue weighted by molar-refractivity contribution is -0.116. The first kappa shape index (κ1) is 18.4. The van der Waals surface area contributed by atoms with Gasteiger partial charge in [-0.05, 0) is 47.4 Å². The molecular weight excluding hydrogens is 336 g/mol. The number of hydrogen-bond donors (Lipinski definition) is 1. The molecule has 1 amide bonds. The minimum Gasteiger partial charge on any atom is -0.489 e. The number of carbonyl (C=O) groups is 1. The van der Waals surface area contributed by atoms with Gasteiger partial charge in [-0.15, -0.1) is 0 Å². The van der Waals surface area contributed by atoms with Gasteiger partial charge in [0, 0.05) is 25.0 Å². The van der Waals surface area contributed by atoms with Gasteiger partial charge >= 0.3 is 0 Å². The highest BCUT2D eigenvalue weighted by atomic mass is 16.5. The molecule has 0 aliphatic rings. The number of aromatic nitrogens is 1. The van der Waals surface area contributed by atoms with Gasteiger partial charge in [-0.1, -0.05) is 48.5 Å². The van der Waals surface area contributed by atoms with E-state index >= 15 is 0 Å². The van der Waals surface area contributed by atoms with Gasteiger partial charge in [-0.3, -0.25) is 9.78 Å². The second-order valence-electron chi connectivity index (χ2n) is 6.08. The van der Waals surface area contributed by atoms with Crippen molar-refractivity contribution < 1.29 is 9.53 Å². The molecule has 136 valence electrons. The van der Waals surface area contributed by atoms with Crippen LogP contribution in [-0.2, 0) is 17.8 Å². The smallest absolute Gasteiger partial charge is 0.244 e. The third kappa shape index (κ3) is 6.44. The Morgan fingerprint density at radius 2 is 1.85 bits per heavy atom. The van der Waals surface area contributed by atoms with Crippen LogP contribution in [0.2, 0.25) is 0 Å². The zero-order chi connectivity index (χ0) is 18.7. The summed E-state index contributed by atoms with van der Waals surface area (Å²) in [5, 5.41) is 2.88. The predicted octanol–water partition coefficient (Wildman–Crippen LogP) is 4.03. The molecule has 0 fully saturated rings. The number of ether oxygens (including phenoxy) is 1. The summed E-state index contributed by atoms with van der Waals surface area (Å²) in [5.41, 5.74) is 3.14. The molecule has 4 nitrogen and oxygen atoms in total. The van der Waals surface area contributed by atoms with Crippen LogP contribution in [0.5, 0.6) is 5.75 Å². The molecule has 1 heterocycles. The van der Waals surface area contributed by atoms with E-state index in [1.807, 2.05) is 72.9 Å². The van der Waals surface area contributed by atoms with E-state index in [0.717, 1.165) is 28.9 Å². The molecule has 0 atom stereocenters. The van der Waals surface area contributed by atoms with Gasteiger partial charge in [-0.25, -0.2) is 0 Å². The molecule has 0 radical (unpaired) electrons. The molecule has 27 heavy (non-hydrogen) atoms. The van der Waals surface area contributed by atoms with Crippen LogP contribution in [0.25, 0.3) is 6.08 Å². The number of hydrogen-bond acceptors (Lipinski definition) is 3. The summed E-state index contributed by atoms with van der Waals surface area (Å²) in [4.78, 5) is 16.0. The van der Waals surface area contributed by atoms with Gasteiger partial charge in [0.2, 0.25) is 5.91 Å². The molecule has 0 bridgehead atoms. The second kappa shape index (κ2) is 9.92. The third-order valence-corrected chi connectivity index (χ3v) is 3.97. The maximum Gasteiger partial charge on any atom is 0.244 e. The van der Waals surface area contributed by atoms with Gasteiger partial charge in [0.1, 0.15) is 12.4 Å². The standard InChI is InChI=1S/C23H22N2O2/c26-23(25-15-13-20-9-5-14-24-17-20)12-11-19-8-4-10-22(16-19)27-18-21-6-2-1-3-7-21/h1-12,14,16-17H,13,15,18H2,(H,25,26)/b12-11+. The van der Waals surface area contributed by atoms with Crippen molar-refractivity contribution in [2.45, 2.75) is 13.0 Å². The highest BCUT2D eigenvalue weighted by molar-refractivity contribution is 5.91. The van der Waals surface area contributed by atoms with Gasteiger partial charge in [-0.2, -0.15) is 0 Å². The van der Waals surface area contributed by atoms with Crippen molar-refractivity contribution in [2.24, 2.45) is 0 Å². The minimum atomic E-state index is -0.116. The van der Waals surface area contributed by atoms with E-state index in [2.05, 4.69) is 10.3 Å². The molecule has 1 N–H and O–H groups in total. The molecule has 0 saturated carbocycles. The first-order valence-electron chi connectivity index (χ1n) is 8.91. The van der Waals surface area contributed by atoms with Crippen LogP contribution in [0.15, 0.2) is 85.2 Å². The van der Waals surface area contributed by atoms with E-state index in [9.17, 15) is 4.79 Å². The van der Waals surface area contributed by atoms with Crippen LogP contribution in [0.3, 0.4) is 0 Å². The molecule has 1 aromatic heterocycles. The monoisotopic (exact) mass is 358 g/mol. The number of pyridine rings is 1. The van der Waals surface area contributed by atoms with E-state index in [0.29, 0.717) is 13.2 Å². The maximum absolute atomic E-state index is 12.0. The second-order valence-corrected chi connectivity index (χ2v) is 6.08. The average molecular weight is 358 g/mol. The van der Waals surface area contributed by atoms with Crippen LogP contribution in [0.4, 0.5) is 0 Å². The average Bonchev–Trinajstić information content (AvgIpc) is 2.73. The molecule has 3 aromatic rings. The topological polar surface area (TPSA) is 51.2 Å². The molecular formula is C23H22N2O2. The summed E-state index contributed by atoms with van der Waals surface area (Å²) in [6, 6.07) is 21.6. The Hall–Kier alpha value is -3.40. The molecule has 4 heteroatoms. The largest absolute Gasteiger partial charge is 0.489 e. The number of rotatable bonds is 8. The van der Waals surface area contributed by atoms with Crippen molar-refractivity contribution >= 4 is 12.0 Å². The Labute approximate surface area is 159 Å². The van der Waals surface area contributed by atoms with Crippen molar-refractivity contribution in [1.82, 2.24) is 10.3 Å². The lowest BCUT2D eigenvalue weighted by atomic mass is 10.2. The van der Waals surface area contributed by atoms with E-state index in [-0.39, 0.29) is 5.91 Å². The van der Waals surface area contributed by atoms with Crippen LogP contribution >= 0.6 is 0 Å². The number of benzene rings is 2. The molecule has 0 unspecified atom stereocenters. The minimum absolute atomic E-state index is 0.116. The number of carbonyl (C=O) groups excluding carboxylic acids is 1. The zero-order valence-electron chi connectivity index (χ0n) is 15.0. The van der Waals surface area contributed by atoms with Crippen LogP contribution in [-0.4, -0.2) is 17.4 Å². The Bertz CT molecular complexity index is 877. The Morgan fingerprint density at radius 1 is 1.00 bits per heavy atom. The summed E-state index contributed by atoms with van der Waals surface area (Å²) >= 11 is 0. The fourth-order valence-electron chi connectivity index (χ4n) is 2.56. The normalized spacial score (nSPS) is 10.7. The number of nitrogens with one attached hydrogen (secondary N) is 1. The molecule has 0 spiro atoms. The van der Waals surface area contributed by atoms with Gasteiger partial charge < -0.3 is 10.1 Å². The molecule has 0 aliphatic heterocycles. The van der Waals surface area contributed by atoms with Crippen molar-refractivity contribution in [3.8, 4) is 5.75 Å². The van der Waals surface area contributed by atoms with Crippen LogP contribution < -0.4 is 10.1 Å². The van der Waals surface area contributed by atoms with Gasteiger partial charge in [0.15, 0.2) is 0 Å². The molecule has 0 aliphatic carbocycles. The Morgan fingerprint density at radius 3 is 2.67 bits per heavy atom. The highest BCUT2D eigenvalue weighted by Gasteiger charge is 1.99. The zero-order valence-corrected chi connectivity index (χ0v) is 15.0. The fourth-order valence-corrected chi connectivity index (χ4v) is 2.56. The quantitative estimate of drug-likeness (QED) is 0.619. The number of nitrogens with zero attached hydrogens (tertiary/aromatic N) is 1. The lowest BCUT2D eigenvalue weighted by Crippen LogP contribution is -2.23. The SMILES string of the molecule is O=C(/C=C/c1cccc(OCc2ccccc2)c1)NCCc1cccnc1. The summed E-state index contributed by atoms with van der Waals surface area (Å²) in [7, 11) is 0. The molecule has 2 aromatic carbocycles.